The van der Waals surface area contributed by atoms with Gasteiger partial charge in [0.25, 0.3) is 0 Å². The first-order chi connectivity index (χ1) is 8.76. The van der Waals surface area contributed by atoms with Crippen molar-refractivity contribution in [3.63, 3.8) is 0 Å². The summed E-state index contributed by atoms with van der Waals surface area (Å²) in [6.07, 6.45) is 2.41. The van der Waals surface area contributed by atoms with E-state index in [9.17, 15) is 0 Å². The maximum absolute atomic E-state index is 3.47. The molecule has 2 heteroatoms. The number of aryl methyl sites for hydroxylation is 1. The summed E-state index contributed by atoms with van der Waals surface area (Å²) in [4.78, 5) is 2.63. The Morgan fingerprint density at radius 3 is 2.50 bits per heavy atom. The molecule has 1 aliphatic heterocycles. The number of hydrogen-bond acceptors (Lipinski definition) is 2. The third-order valence-corrected chi connectivity index (χ3v) is 4.24. The van der Waals surface area contributed by atoms with Gasteiger partial charge in [0.1, 0.15) is 0 Å². The Hall–Kier alpha value is -0.860. The maximum atomic E-state index is 3.47. The minimum Gasteiger partial charge on any atom is -0.315 e. The van der Waals surface area contributed by atoms with E-state index < -0.39 is 0 Å². The van der Waals surface area contributed by atoms with Gasteiger partial charge in [0, 0.05) is 18.6 Å². The normalized spacial score (nSPS) is 21.4. The van der Waals surface area contributed by atoms with Crippen LogP contribution in [0.4, 0.5) is 0 Å². The summed E-state index contributed by atoms with van der Waals surface area (Å²) in [5.74, 6) is 0. The molecule has 0 aromatic heterocycles. The van der Waals surface area contributed by atoms with Crippen LogP contribution in [0.1, 0.15) is 44.4 Å². The highest BCUT2D eigenvalue weighted by atomic mass is 15.2. The number of nitrogens with one attached hydrogen (secondary N) is 1. The predicted octanol–water partition coefficient (Wildman–Crippen LogP) is 2.99. The molecule has 1 saturated heterocycles. The van der Waals surface area contributed by atoms with Gasteiger partial charge < -0.3 is 5.32 Å². The van der Waals surface area contributed by atoms with Crippen molar-refractivity contribution in [2.45, 2.75) is 45.7 Å². The number of nitrogens with zero attached hydrogens (tertiary/aromatic N) is 1. The topological polar surface area (TPSA) is 15.3 Å². The summed E-state index contributed by atoms with van der Waals surface area (Å²) in [7, 11) is 0. The lowest BCUT2D eigenvalue weighted by Crippen LogP contribution is -2.38. The molecule has 2 atom stereocenters. The second kappa shape index (κ2) is 6.35. The Bertz CT molecular complexity index is 352. The molecule has 1 aromatic rings. The van der Waals surface area contributed by atoms with Crippen molar-refractivity contribution in [3.05, 3.63) is 35.4 Å². The lowest BCUT2D eigenvalue weighted by Gasteiger charge is -2.33. The molecule has 0 amide bonds. The van der Waals surface area contributed by atoms with Crippen LogP contribution in [0.3, 0.4) is 0 Å². The highest BCUT2D eigenvalue weighted by Gasteiger charge is 2.25. The quantitative estimate of drug-likeness (QED) is 0.859. The molecule has 2 nitrogen and oxygen atoms in total. The zero-order valence-electron chi connectivity index (χ0n) is 11.9. The molecule has 0 bridgehead atoms. The molecule has 1 fully saturated rings. The van der Waals surface area contributed by atoms with E-state index in [4.69, 9.17) is 0 Å². The Morgan fingerprint density at radius 2 is 2.00 bits per heavy atom. The van der Waals surface area contributed by atoms with Crippen LogP contribution in [-0.4, -0.2) is 30.6 Å². The summed E-state index contributed by atoms with van der Waals surface area (Å²) in [6, 6.07) is 10.4. The van der Waals surface area contributed by atoms with Crippen molar-refractivity contribution >= 4 is 0 Å². The molecule has 1 heterocycles. The van der Waals surface area contributed by atoms with E-state index in [1.165, 1.54) is 24.1 Å². The molecule has 0 spiro atoms. The number of rotatable bonds is 5. The zero-order valence-corrected chi connectivity index (χ0v) is 11.9. The zero-order chi connectivity index (χ0) is 13.0. The Balaban J connectivity index is 2.09. The molecule has 0 saturated carbocycles. The van der Waals surface area contributed by atoms with E-state index in [1.54, 1.807) is 0 Å². The fraction of sp³-hybridized carbons (Fsp3) is 0.625. The van der Waals surface area contributed by atoms with Crippen LogP contribution < -0.4 is 5.32 Å². The van der Waals surface area contributed by atoms with Gasteiger partial charge in [-0.15, -0.1) is 0 Å². The Kier molecular flexibility index (Phi) is 4.79. The van der Waals surface area contributed by atoms with Crippen LogP contribution in [-0.2, 0) is 6.42 Å². The van der Waals surface area contributed by atoms with Gasteiger partial charge in [-0.1, -0.05) is 38.1 Å². The smallest absolute Gasteiger partial charge is 0.0323 e. The number of benzene rings is 1. The summed E-state index contributed by atoms with van der Waals surface area (Å²) < 4.78 is 0. The summed E-state index contributed by atoms with van der Waals surface area (Å²) >= 11 is 0. The minimum absolute atomic E-state index is 0.519. The van der Waals surface area contributed by atoms with E-state index in [-0.39, 0.29) is 0 Å². The monoisotopic (exact) mass is 246 g/mol. The average molecular weight is 246 g/mol. The second-order valence-electron chi connectivity index (χ2n) is 5.25. The van der Waals surface area contributed by atoms with Gasteiger partial charge in [-0.25, -0.2) is 0 Å². The fourth-order valence-corrected chi connectivity index (χ4v) is 2.99. The minimum atomic E-state index is 0.519. The van der Waals surface area contributed by atoms with Gasteiger partial charge in [0.05, 0.1) is 0 Å². The highest BCUT2D eigenvalue weighted by Crippen LogP contribution is 2.24. The van der Waals surface area contributed by atoms with E-state index in [0.29, 0.717) is 12.1 Å². The third-order valence-electron chi connectivity index (χ3n) is 4.24. The molecule has 1 aliphatic rings. The van der Waals surface area contributed by atoms with E-state index >= 15 is 0 Å². The number of likely N-dealkylation sites (N-methyl/N-ethyl adjacent to an activating group) is 1. The van der Waals surface area contributed by atoms with Gasteiger partial charge in [-0.3, -0.25) is 4.90 Å². The van der Waals surface area contributed by atoms with Gasteiger partial charge in [-0.2, -0.15) is 0 Å². The van der Waals surface area contributed by atoms with Crippen LogP contribution in [0.2, 0.25) is 0 Å². The molecule has 100 valence electrons. The van der Waals surface area contributed by atoms with Crippen LogP contribution >= 0.6 is 0 Å². The molecule has 2 unspecified atom stereocenters. The summed E-state index contributed by atoms with van der Waals surface area (Å²) in [5.41, 5.74) is 2.87. The Labute approximate surface area is 111 Å². The van der Waals surface area contributed by atoms with Crippen LogP contribution in [0, 0.1) is 0 Å². The lowest BCUT2D eigenvalue weighted by atomic mass is 10.0. The summed E-state index contributed by atoms with van der Waals surface area (Å²) in [6.45, 7) is 10.3. The van der Waals surface area contributed by atoms with Crippen LogP contribution in [0.25, 0.3) is 0 Å². The molecule has 0 radical (unpaired) electrons. The molecule has 1 N–H and O–H groups in total. The third kappa shape index (κ3) is 2.93. The molecule has 18 heavy (non-hydrogen) atoms. The average Bonchev–Trinajstić information content (AvgIpc) is 2.93. The van der Waals surface area contributed by atoms with E-state index in [1.807, 2.05) is 0 Å². The van der Waals surface area contributed by atoms with Crippen molar-refractivity contribution in [2.24, 2.45) is 0 Å². The first kappa shape index (κ1) is 13.6. The lowest BCUT2D eigenvalue weighted by molar-refractivity contribution is 0.162. The molecule has 1 aromatic carbocycles. The van der Waals surface area contributed by atoms with Crippen molar-refractivity contribution in [3.8, 4) is 0 Å². The molecular formula is C16H26N2. The summed E-state index contributed by atoms with van der Waals surface area (Å²) in [5, 5.41) is 3.47. The number of hydrogen-bond donors (Lipinski definition) is 1. The van der Waals surface area contributed by atoms with E-state index in [2.05, 4.69) is 55.3 Å². The van der Waals surface area contributed by atoms with Crippen LogP contribution in [0.15, 0.2) is 24.3 Å². The van der Waals surface area contributed by atoms with Crippen molar-refractivity contribution in [2.75, 3.05) is 19.6 Å². The van der Waals surface area contributed by atoms with Crippen molar-refractivity contribution in [1.82, 2.24) is 10.2 Å². The molecular weight excluding hydrogens is 220 g/mol. The van der Waals surface area contributed by atoms with Crippen molar-refractivity contribution in [1.29, 1.82) is 0 Å². The fourth-order valence-electron chi connectivity index (χ4n) is 2.99. The van der Waals surface area contributed by atoms with Gasteiger partial charge in [0.2, 0.25) is 0 Å². The van der Waals surface area contributed by atoms with Gasteiger partial charge in [0.15, 0.2) is 0 Å². The standard InChI is InChI=1S/C16H26N2/c1-4-14-6-8-15(9-7-14)13(3)18(5-2)16-10-11-17-12-16/h6-9,13,16-17H,4-5,10-12H2,1-3H3. The van der Waals surface area contributed by atoms with Gasteiger partial charge >= 0.3 is 0 Å². The second-order valence-corrected chi connectivity index (χ2v) is 5.25. The first-order valence-electron chi connectivity index (χ1n) is 7.31. The van der Waals surface area contributed by atoms with E-state index in [0.717, 1.165) is 19.5 Å². The molecule has 2 rings (SSSR count). The first-order valence-corrected chi connectivity index (χ1v) is 7.31. The largest absolute Gasteiger partial charge is 0.315 e. The predicted molar refractivity (Wildman–Crippen MR) is 77.9 cm³/mol. The van der Waals surface area contributed by atoms with Crippen molar-refractivity contribution < 1.29 is 0 Å². The SMILES string of the molecule is CCc1ccc(C(C)N(CC)C2CCNC2)cc1. The van der Waals surface area contributed by atoms with Gasteiger partial charge in [-0.05, 0) is 44.0 Å². The Morgan fingerprint density at radius 1 is 1.28 bits per heavy atom. The maximum Gasteiger partial charge on any atom is 0.0323 e. The molecule has 0 aliphatic carbocycles. The van der Waals surface area contributed by atoms with Crippen LogP contribution in [0.5, 0.6) is 0 Å². The highest BCUT2D eigenvalue weighted by molar-refractivity contribution is 5.25.